The summed E-state index contributed by atoms with van der Waals surface area (Å²) in [7, 11) is 1.59. The van der Waals surface area contributed by atoms with Crippen molar-refractivity contribution in [3.63, 3.8) is 0 Å². The summed E-state index contributed by atoms with van der Waals surface area (Å²) in [6.45, 7) is 3.50. The van der Waals surface area contributed by atoms with Crippen molar-refractivity contribution in [1.82, 2.24) is 25.5 Å². The van der Waals surface area contributed by atoms with Gasteiger partial charge in [-0.15, -0.1) is 17.5 Å². The molecule has 0 atom stereocenters. The number of aryl methyl sites for hydroxylation is 1. The quantitative estimate of drug-likeness (QED) is 0.855. The van der Waals surface area contributed by atoms with Crippen LogP contribution >= 0.6 is 12.4 Å². The number of carbonyl (C=O) groups excluding carboxylic acids is 1. The summed E-state index contributed by atoms with van der Waals surface area (Å²) in [6, 6.07) is 5.65. The number of methoxy groups -OCH3 is 1. The van der Waals surface area contributed by atoms with Crippen molar-refractivity contribution in [3.8, 4) is 5.69 Å². The molecular formula is C15H21ClN6O2. The van der Waals surface area contributed by atoms with Crippen molar-refractivity contribution in [2.75, 3.05) is 25.5 Å². The molecule has 8 nitrogen and oxygen atoms in total. The minimum atomic E-state index is -0.773. The molecule has 2 aromatic rings. The van der Waals surface area contributed by atoms with E-state index in [0.29, 0.717) is 18.5 Å². The Kier molecular flexibility index (Phi) is 5.87. The number of rotatable bonds is 4. The number of nitrogens with one attached hydrogen (secondary N) is 2. The lowest BCUT2D eigenvalue weighted by atomic mass is 9.91. The molecule has 1 saturated heterocycles. The van der Waals surface area contributed by atoms with Crippen LogP contribution in [0.25, 0.3) is 5.69 Å². The van der Waals surface area contributed by atoms with Crippen molar-refractivity contribution < 1.29 is 9.53 Å². The fourth-order valence-corrected chi connectivity index (χ4v) is 2.81. The smallest absolute Gasteiger partial charge is 0.256 e. The molecule has 1 amide bonds. The van der Waals surface area contributed by atoms with E-state index in [0.717, 1.165) is 24.3 Å². The molecule has 0 bridgehead atoms. The van der Waals surface area contributed by atoms with Crippen LogP contribution in [0.4, 0.5) is 5.69 Å². The molecule has 2 N–H and O–H groups in total. The van der Waals surface area contributed by atoms with Crippen LogP contribution < -0.4 is 10.6 Å². The molecule has 0 radical (unpaired) electrons. The first-order valence-corrected chi connectivity index (χ1v) is 7.56. The van der Waals surface area contributed by atoms with Crippen LogP contribution in [0.5, 0.6) is 0 Å². The minimum absolute atomic E-state index is 0. The van der Waals surface area contributed by atoms with Crippen molar-refractivity contribution in [2.24, 2.45) is 0 Å². The van der Waals surface area contributed by atoms with Crippen molar-refractivity contribution in [2.45, 2.75) is 25.4 Å². The van der Waals surface area contributed by atoms with Crippen LogP contribution in [0.2, 0.25) is 0 Å². The van der Waals surface area contributed by atoms with E-state index in [4.69, 9.17) is 4.74 Å². The second kappa shape index (κ2) is 7.69. The third kappa shape index (κ3) is 3.55. The predicted octanol–water partition coefficient (Wildman–Crippen LogP) is 1.10. The molecule has 1 fully saturated rings. The van der Waals surface area contributed by atoms with Gasteiger partial charge in [0, 0.05) is 12.8 Å². The number of piperidine rings is 1. The van der Waals surface area contributed by atoms with E-state index in [9.17, 15) is 4.79 Å². The Morgan fingerprint density at radius 1 is 1.38 bits per heavy atom. The summed E-state index contributed by atoms with van der Waals surface area (Å²) in [5.74, 6) is -0.118. The van der Waals surface area contributed by atoms with E-state index in [1.807, 2.05) is 25.1 Å². The fraction of sp³-hybridized carbons (Fsp3) is 0.467. The maximum absolute atomic E-state index is 12.7. The molecule has 0 saturated carbocycles. The molecule has 1 aliphatic rings. The number of hydrogen-bond acceptors (Lipinski definition) is 6. The van der Waals surface area contributed by atoms with Crippen LogP contribution in [-0.4, -0.2) is 51.9 Å². The Morgan fingerprint density at radius 2 is 2.12 bits per heavy atom. The molecule has 24 heavy (non-hydrogen) atoms. The summed E-state index contributed by atoms with van der Waals surface area (Å²) in [5.41, 5.74) is 1.76. The zero-order chi connectivity index (χ0) is 16.3. The van der Waals surface area contributed by atoms with Crippen molar-refractivity contribution in [3.05, 3.63) is 30.1 Å². The van der Waals surface area contributed by atoms with Gasteiger partial charge in [0.25, 0.3) is 5.91 Å². The molecule has 1 aromatic heterocycles. The second-order valence-electron chi connectivity index (χ2n) is 5.66. The number of halogens is 1. The van der Waals surface area contributed by atoms with E-state index in [2.05, 4.69) is 26.2 Å². The lowest BCUT2D eigenvalue weighted by Gasteiger charge is -2.34. The van der Waals surface area contributed by atoms with Crippen LogP contribution in [-0.2, 0) is 9.53 Å². The van der Waals surface area contributed by atoms with Crippen molar-refractivity contribution >= 4 is 24.0 Å². The van der Waals surface area contributed by atoms with Gasteiger partial charge in [-0.25, -0.2) is 4.68 Å². The van der Waals surface area contributed by atoms with E-state index in [1.165, 1.54) is 6.33 Å². The number of tetrazole rings is 1. The Labute approximate surface area is 146 Å². The molecular weight excluding hydrogens is 332 g/mol. The minimum Gasteiger partial charge on any atom is -0.368 e. The zero-order valence-electron chi connectivity index (χ0n) is 13.7. The summed E-state index contributed by atoms with van der Waals surface area (Å²) < 4.78 is 7.12. The van der Waals surface area contributed by atoms with Gasteiger partial charge < -0.3 is 15.4 Å². The highest BCUT2D eigenvalue weighted by Gasteiger charge is 2.39. The van der Waals surface area contributed by atoms with Gasteiger partial charge in [0.2, 0.25) is 0 Å². The first-order valence-electron chi connectivity index (χ1n) is 7.56. The summed E-state index contributed by atoms with van der Waals surface area (Å²) in [4.78, 5) is 12.7. The third-order valence-electron chi connectivity index (χ3n) is 4.28. The first kappa shape index (κ1) is 18.3. The number of amides is 1. The number of ether oxygens (including phenoxy) is 1. The van der Waals surface area contributed by atoms with E-state index < -0.39 is 5.60 Å². The molecule has 1 aliphatic heterocycles. The number of nitrogens with zero attached hydrogens (tertiary/aromatic N) is 4. The molecule has 1 aromatic carbocycles. The van der Waals surface area contributed by atoms with E-state index >= 15 is 0 Å². The molecule has 3 rings (SSSR count). The lowest BCUT2D eigenvalue weighted by molar-refractivity contribution is -0.140. The van der Waals surface area contributed by atoms with Gasteiger partial charge in [-0.05, 0) is 61.0 Å². The maximum Gasteiger partial charge on any atom is 0.256 e. The Morgan fingerprint density at radius 3 is 2.75 bits per heavy atom. The van der Waals surface area contributed by atoms with Gasteiger partial charge in [-0.3, -0.25) is 4.79 Å². The summed E-state index contributed by atoms with van der Waals surface area (Å²) in [5, 5.41) is 17.4. The normalized spacial score (nSPS) is 16.2. The number of carbonyl (C=O) groups is 1. The van der Waals surface area contributed by atoms with Gasteiger partial charge >= 0.3 is 0 Å². The summed E-state index contributed by atoms with van der Waals surface area (Å²) in [6.07, 6.45) is 2.83. The third-order valence-corrected chi connectivity index (χ3v) is 4.28. The molecule has 0 spiro atoms. The highest BCUT2D eigenvalue weighted by atomic mass is 35.5. The lowest BCUT2D eigenvalue weighted by Crippen LogP contribution is -2.51. The molecule has 0 aliphatic carbocycles. The largest absolute Gasteiger partial charge is 0.368 e. The predicted molar refractivity (Wildman–Crippen MR) is 91.6 cm³/mol. The highest BCUT2D eigenvalue weighted by molar-refractivity contribution is 5.97. The van der Waals surface area contributed by atoms with E-state index in [1.54, 1.807) is 11.8 Å². The maximum atomic E-state index is 12.7. The molecule has 0 unspecified atom stereocenters. The highest BCUT2D eigenvalue weighted by Crippen LogP contribution is 2.25. The fourth-order valence-electron chi connectivity index (χ4n) is 2.81. The Bertz CT molecular complexity index is 685. The van der Waals surface area contributed by atoms with Crippen LogP contribution in [0.3, 0.4) is 0 Å². The van der Waals surface area contributed by atoms with Crippen LogP contribution in [0.1, 0.15) is 18.4 Å². The number of anilines is 1. The van der Waals surface area contributed by atoms with E-state index in [-0.39, 0.29) is 18.3 Å². The number of hydrogen-bond donors (Lipinski definition) is 2. The topological polar surface area (TPSA) is 94.0 Å². The first-order chi connectivity index (χ1) is 11.1. The van der Waals surface area contributed by atoms with Gasteiger partial charge in [0.05, 0.1) is 5.69 Å². The van der Waals surface area contributed by atoms with Gasteiger partial charge in [-0.2, -0.15) is 0 Å². The SMILES string of the molecule is COC1(C(=O)Nc2ccc(C)c(-n3cnnn3)c2)CCNCC1.Cl. The average molecular weight is 353 g/mol. The van der Waals surface area contributed by atoms with Crippen LogP contribution in [0.15, 0.2) is 24.5 Å². The van der Waals surface area contributed by atoms with Gasteiger partial charge in [-0.1, -0.05) is 6.07 Å². The molecule has 9 heteroatoms. The van der Waals surface area contributed by atoms with Gasteiger partial charge in [0.15, 0.2) is 0 Å². The molecule has 2 heterocycles. The number of benzene rings is 1. The Hall–Kier alpha value is -2.03. The average Bonchev–Trinajstić information content (AvgIpc) is 3.11. The molecule has 130 valence electrons. The Balaban J connectivity index is 0.00000208. The second-order valence-corrected chi connectivity index (χ2v) is 5.66. The standard InChI is InChI=1S/C15H20N6O2.ClH/c1-11-3-4-12(9-13(11)21-10-17-19-20-21)18-14(22)15(23-2)5-7-16-8-6-15;/h3-4,9-10,16H,5-8H2,1-2H3,(H,18,22);1H. The monoisotopic (exact) mass is 352 g/mol. The van der Waals surface area contributed by atoms with Gasteiger partial charge in [0.1, 0.15) is 11.9 Å². The van der Waals surface area contributed by atoms with Crippen LogP contribution in [0, 0.1) is 6.92 Å². The number of aromatic nitrogens is 4. The summed E-state index contributed by atoms with van der Waals surface area (Å²) >= 11 is 0. The zero-order valence-corrected chi connectivity index (χ0v) is 14.5. The van der Waals surface area contributed by atoms with Crippen molar-refractivity contribution in [1.29, 1.82) is 0 Å².